The maximum Gasteiger partial charge on any atom is 0.335 e. The molecular formula is C17H14N4O5S. The van der Waals surface area contributed by atoms with Crippen molar-refractivity contribution in [1.29, 1.82) is 5.41 Å². The number of furan rings is 1. The molecule has 10 heteroatoms. The van der Waals surface area contributed by atoms with E-state index in [0.29, 0.717) is 11.4 Å². The van der Waals surface area contributed by atoms with E-state index in [9.17, 15) is 14.4 Å². The van der Waals surface area contributed by atoms with Gasteiger partial charge in [0.1, 0.15) is 11.0 Å². The number of hydrogen-bond donors (Lipinski definition) is 3. The maximum absolute atomic E-state index is 12.4. The third-order valence-electron chi connectivity index (χ3n) is 3.58. The molecule has 1 aliphatic heterocycles. The Morgan fingerprint density at radius 3 is 2.67 bits per heavy atom. The molecule has 2 heterocycles. The fraction of sp³-hybridized carbons (Fsp3) is 0.118. The van der Waals surface area contributed by atoms with Gasteiger partial charge in [-0.3, -0.25) is 15.0 Å². The number of carboxylic acids is 1. The number of carbonyl (C=O) groups excluding carboxylic acids is 2. The molecule has 2 aromatic rings. The van der Waals surface area contributed by atoms with E-state index in [1.165, 1.54) is 36.7 Å². The van der Waals surface area contributed by atoms with E-state index in [0.717, 1.165) is 16.8 Å². The molecular weight excluding hydrogens is 372 g/mol. The van der Waals surface area contributed by atoms with Crippen LogP contribution in [0.1, 0.15) is 22.5 Å². The number of rotatable bonds is 5. The summed E-state index contributed by atoms with van der Waals surface area (Å²) in [5, 5.41) is 23.3. The largest absolute Gasteiger partial charge is 0.478 e. The fourth-order valence-electron chi connectivity index (χ4n) is 2.25. The first-order chi connectivity index (χ1) is 12.9. The number of nitrogens with zero attached hydrogens (tertiary/aromatic N) is 2. The van der Waals surface area contributed by atoms with Gasteiger partial charge in [0.05, 0.1) is 24.5 Å². The summed E-state index contributed by atoms with van der Waals surface area (Å²) < 4.78 is 5.08. The number of hydrazone groups is 1. The van der Waals surface area contributed by atoms with Gasteiger partial charge in [-0.05, 0) is 36.4 Å². The van der Waals surface area contributed by atoms with E-state index in [1.807, 2.05) is 0 Å². The van der Waals surface area contributed by atoms with Gasteiger partial charge in [-0.25, -0.2) is 4.79 Å². The SMILES string of the molecule is N=C1SC(C(=O)Nc2ccc(C(=O)O)cc2)CC(=O)N1/N=C/c1ccco1. The Labute approximate surface area is 157 Å². The molecule has 1 saturated heterocycles. The van der Waals surface area contributed by atoms with Crippen LogP contribution in [0.3, 0.4) is 0 Å². The molecule has 0 radical (unpaired) electrons. The summed E-state index contributed by atoms with van der Waals surface area (Å²) in [6, 6.07) is 8.97. The third kappa shape index (κ3) is 4.42. The normalized spacial score (nSPS) is 17.3. The summed E-state index contributed by atoms with van der Waals surface area (Å²) in [6.07, 6.45) is 2.65. The zero-order valence-electron chi connectivity index (χ0n) is 13.8. The number of anilines is 1. The summed E-state index contributed by atoms with van der Waals surface area (Å²) in [4.78, 5) is 35.4. The molecule has 9 nitrogen and oxygen atoms in total. The van der Waals surface area contributed by atoms with Gasteiger partial charge in [0, 0.05) is 5.69 Å². The van der Waals surface area contributed by atoms with Crippen LogP contribution in [-0.2, 0) is 9.59 Å². The van der Waals surface area contributed by atoms with Crippen LogP contribution in [0.4, 0.5) is 5.69 Å². The molecule has 3 rings (SSSR count). The Balaban J connectivity index is 1.62. The highest BCUT2D eigenvalue weighted by Gasteiger charge is 2.35. The van der Waals surface area contributed by atoms with Crippen LogP contribution in [0.5, 0.6) is 0 Å². The number of carbonyl (C=O) groups is 3. The van der Waals surface area contributed by atoms with Crippen molar-refractivity contribution >= 4 is 46.6 Å². The molecule has 27 heavy (non-hydrogen) atoms. The molecule has 1 aromatic heterocycles. The van der Waals surface area contributed by atoms with E-state index >= 15 is 0 Å². The number of thioether (sulfide) groups is 1. The van der Waals surface area contributed by atoms with E-state index in [2.05, 4.69) is 10.4 Å². The molecule has 0 bridgehead atoms. The van der Waals surface area contributed by atoms with Crippen LogP contribution in [-0.4, -0.2) is 44.5 Å². The monoisotopic (exact) mass is 386 g/mol. The summed E-state index contributed by atoms with van der Waals surface area (Å²) in [6.45, 7) is 0. The lowest BCUT2D eigenvalue weighted by Crippen LogP contribution is -2.42. The van der Waals surface area contributed by atoms with E-state index in [-0.39, 0.29) is 17.2 Å². The van der Waals surface area contributed by atoms with Crippen LogP contribution in [0, 0.1) is 5.41 Å². The standard InChI is InChI=1S/C17H14N4O5S/c18-17-21(19-9-12-2-1-7-26-12)14(22)8-13(27-17)15(23)20-11-5-3-10(4-6-11)16(24)25/h1-7,9,13,18H,8H2,(H,20,23)(H,24,25)/b18-17?,19-9+. The van der Waals surface area contributed by atoms with Crippen molar-refractivity contribution in [3.63, 3.8) is 0 Å². The molecule has 1 aliphatic rings. The molecule has 1 aromatic carbocycles. The summed E-state index contributed by atoms with van der Waals surface area (Å²) in [7, 11) is 0. The molecule has 2 amide bonds. The quantitative estimate of drug-likeness (QED) is 0.674. The van der Waals surface area contributed by atoms with Gasteiger partial charge in [-0.2, -0.15) is 10.1 Å². The molecule has 0 aliphatic carbocycles. The second-order valence-electron chi connectivity index (χ2n) is 5.45. The number of aromatic carboxylic acids is 1. The van der Waals surface area contributed by atoms with Crippen LogP contribution in [0.15, 0.2) is 52.2 Å². The lowest BCUT2D eigenvalue weighted by atomic mass is 10.2. The maximum atomic E-state index is 12.4. The Morgan fingerprint density at radius 1 is 1.33 bits per heavy atom. The first-order valence-corrected chi connectivity index (χ1v) is 8.62. The van der Waals surface area contributed by atoms with Crippen molar-refractivity contribution in [2.24, 2.45) is 5.10 Å². The highest BCUT2D eigenvalue weighted by Crippen LogP contribution is 2.27. The van der Waals surface area contributed by atoms with Gasteiger partial charge < -0.3 is 14.8 Å². The Hall–Kier alpha value is -3.40. The summed E-state index contributed by atoms with van der Waals surface area (Å²) in [5.41, 5.74) is 0.505. The summed E-state index contributed by atoms with van der Waals surface area (Å²) >= 11 is 0.909. The van der Waals surface area contributed by atoms with Crippen molar-refractivity contribution < 1.29 is 23.9 Å². The zero-order chi connectivity index (χ0) is 19.4. The molecule has 0 saturated carbocycles. The minimum atomic E-state index is -1.06. The molecule has 1 fully saturated rings. The van der Waals surface area contributed by atoms with Gasteiger partial charge >= 0.3 is 5.97 Å². The second-order valence-corrected chi connectivity index (χ2v) is 6.64. The number of amidine groups is 1. The van der Waals surface area contributed by atoms with Crippen molar-refractivity contribution in [2.75, 3.05) is 5.32 Å². The smallest absolute Gasteiger partial charge is 0.335 e. The van der Waals surface area contributed by atoms with Gasteiger partial charge in [-0.15, -0.1) is 0 Å². The van der Waals surface area contributed by atoms with Gasteiger partial charge in [0.25, 0.3) is 5.91 Å². The number of nitrogens with one attached hydrogen (secondary N) is 2. The molecule has 1 atom stereocenters. The Bertz CT molecular complexity index is 890. The molecule has 0 spiro atoms. The summed E-state index contributed by atoms with van der Waals surface area (Å²) in [5.74, 6) is -1.56. The van der Waals surface area contributed by atoms with Crippen LogP contribution < -0.4 is 5.32 Å². The molecule has 1 unspecified atom stereocenters. The van der Waals surface area contributed by atoms with E-state index in [4.69, 9.17) is 14.9 Å². The highest BCUT2D eigenvalue weighted by atomic mass is 32.2. The van der Waals surface area contributed by atoms with Gasteiger partial charge in [0.2, 0.25) is 5.91 Å². The average molecular weight is 386 g/mol. The topological polar surface area (TPSA) is 136 Å². The number of benzene rings is 1. The zero-order valence-corrected chi connectivity index (χ0v) is 14.6. The number of carboxylic acid groups (broad SMARTS) is 1. The van der Waals surface area contributed by atoms with Crippen LogP contribution in [0.25, 0.3) is 0 Å². The van der Waals surface area contributed by atoms with Gasteiger partial charge in [0.15, 0.2) is 5.17 Å². The van der Waals surface area contributed by atoms with Crippen LogP contribution >= 0.6 is 11.8 Å². The number of amides is 2. The molecule has 3 N–H and O–H groups in total. The van der Waals surface area contributed by atoms with Crippen molar-refractivity contribution in [2.45, 2.75) is 11.7 Å². The highest BCUT2D eigenvalue weighted by molar-refractivity contribution is 8.14. The van der Waals surface area contributed by atoms with Crippen molar-refractivity contribution in [3.8, 4) is 0 Å². The fourth-order valence-corrected chi connectivity index (χ4v) is 3.16. The second kappa shape index (κ2) is 7.87. The lowest BCUT2D eigenvalue weighted by molar-refractivity contribution is -0.129. The molecule has 138 valence electrons. The minimum Gasteiger partial charge on any atom is -0.478 e. The lowest BCUT2D eigenvalue weighted by Gasteiger charge is -2.27. The third-order valence-corrected chi connectivity index (χ3v) is 4.64. The number of hydrogen-bond acceptors (Lipinski definition) is 7. The van der Waals surface area contributed by atoms with Crippen molar-refractivity contribution in [1.82, 2.24) is 5.01 Å². The predicted molar refractivity (Wildman–Crippen MR) is 98.9 cm³/mol. The predicted octanol–water partition coefficient (Wildman–Crippen LogP) is 2.22. The minimum absolute atomic E-state index is 0.0991. The van der Waals surface area contributed by atoms with Crippen LogP contribution in [0.2, 0.25) is 0 Å². The average Bonchev–Trinajstić information content (AvgIpc) is 3.14. The Kier molecular flexibility index (Phi) is 5.36. The first kappa shape index (κ1) is 18.4. The first-order valence-electron chi connectivity index (χ1n) is 7.74. The van der Waals surface area contributed by atoms with E-state index < -0.39 is 23.0 Å². The van der Waals surface area contributed by atoms with E-state index in [1.54, 1.807) is 12.1 Å². The van der Waals surface area contributed by atoms with Crippen molar-refractivity contribution in [3.05, 3.63) is 54.0 Å². The van der Waals surface area contributed by atoms with Gasteiger partial charge in [-0.1, -0.05) is 11.8 Å². The Morgan fingerprint density at radius 2 is 2.07 bits per heavy atom.